The van der Waals surface area contributed by atoms with Crippen molar-refractivity contribution in [1.29, 1.82) is 0 Å². The molecule has 0 saturated heterocycles. The van der Waals surface area contributed by atoms with Crippen molar-refractivity contribution in [1.82, 2.24) is 5.32 Å². The minimum atomic E-state index is 0.478. The molecule has 76 valence electrons. The molecule has 3 atom stereocenters. The van der Waals surface area contributed by atoms with Gasteiger partial charge in [0, 0.05) is 5.54 Å². The van der Waals surface area contributed by atoms with E-state index >= 15 is 0 Å². The van der Waals surface area contributed by atoms with Crippen LogP contribution in [-0.2, 0) is 0 Å². The first kappa shape index (κ1) is 9.51. The molecule has 0 amide bonds. The van der Waals surface area contributed by atoms with Gasteiger partial charge in [0.25, 0.3) is 0 Å². The molecule has 0 aromatic heterocycles. The zero-order chi connectivity index (χ0) is 9.69. The topological polar surface area (TPSA) is 12.0 Å². The van der Waals surface area contributed by atoms with E-state index in [-0.39, 0.29) is 0 Å². The number of rotatable bonds is 2. The van der Waals surface area contributed by atoms with Gasteiger partial charge in [-0.1, -0.05) is 27.7 Å². The highest BCUT2D eigenvalue weighted by atomic mass is 15.0. The summed E-state index contributed by atoms with van der Waals surface area (Å²) in [4.78, 5) is 0. The smallest absolute Gasteiger partial charge is 0.0237 e. The molecule has 1 unspecified atom stereocenters. The summed E-state index contributed by atoms with van der Waals surface area (Å²) in [7, 11) is 0. The van der Waals surface area contributed by atoms with Gasteiger partial charge in [0.1, 0.15) is 0 Å². The lowest BCUT2D eigenvalue weighted by Gasteiger charge is -2.46. The lowest BCUT2D eigenvalue weighted by atomic mass is 9.65. The van der Waals surface area contributed by atoms with E-state index in [4.69, 9.17) is 0 Å². The van der Waals surface area contributed by atoms with Crippen molar-refractivity contribution in [2.24, 2.45) is 17.3 Å². The van der Waals surface area contributed by atoms with Crippen LogP contribution in [0.15, 0.2) is 0 Å². The van der Waals surface area contributed by atoms with Crippen molar-refractivity contribution in [3.63, 3.8) is 0 Å². The molecule has 0 aromatic rings. The Labute approximate surface area is 82.3 Å². The second kappa shape index (κ2) is 2.73. The maximum atomic E-state index is 3.77. The van der Waals surface area contributed by atoms with E-state index in [1.807, 2.05) is 0 Å². The highest BCUT2D eigenvalue weighted by molar-refractivity contribution is 5.14. The van der Waals surface area contributed by atoms with E-state index in [9.17, 15) is 0 Å². The fourth-order valence-electron chi connectivity index (χ4n) is 3.85. The normalized spacial score (nSPS) is 47.1. The van der Waals surface area contributed by atoms with Gasteiger partial charge in [-0.3, -0.25) is 0 Å². The van der Waals surface area contributed by atoms with Crippen LogP contribution in [0, 0.1) is 17.3 Å². The van der Waals surface area contributed by atoms with Crippen molar-refractivity contribution < 1.29 is 0 Å². The third-order valence-corrected chi connectivity index (χ3v) is 5.15. The lowest BCUT2D eigenvalue weighted by Crippen LogP contribution is -2.54. The molecule has 1 N–H and O–H groups in total. The van der Waals surface area contributed by atoms with Gasteiger partial charge < -0.3 is 5.32 Å². The number of hydrogen-bond acceptors (Lipinski definition) is 1. The molecule has 2 aliphatic rings. The largest absolute Gasteiger partial charge is 0.311 e. The molecular weight excluding hydrogens is 158 g/mol. The van der Waals surface area contributed by atoms with Gasteiger partial charge in [0.15, 0.2) is 0 Å². The Balaban J connectivity index is 2.27. The minimum Gasteiger partial charge on any atom is -0.311 e. The summed E-state index contributed by atoms with van der Waals surface area (Å²) in [6.07, 6.45) is 4.29. The Morgan fingerprint density at radius 3 is 2.54 bits per heavy atom. The van der Waals surface area contributed by atoms with Crippen molar-refractivity contribution in [2.45, 2.75) is 52.5 Å². The first-order valence-electron chi connectivity index (χ1n) is 5.78. The van der Waals surface area contributed by atoms with Crippen molar-refractivity contribution in [2.75, 3.05) is 6.54 Å². The molecule has 2 bridgehead atoms. The first-order chi connectivity index (χ1) is 6.03. The van der Waals surface area contributed by atoms with Crippen molar-refractivity contribution in [3.8, 4) is 0 Å². The molecule has 0 heterocycles. The van der Waals surface area contributed by atoms with E-state index < -0.39 is 0 Å². The van der Waals surface area contributed by atoms with E-state index in [2.05, 4.69) is 33.0 Å². The molecule has 0 aliphatic heterocycles. The fourth-order valence-corrected chi connectivity index (χ4v) is 3.85. The SMILES string of the molecule is CCN[C@]12CC[C@H](C1)C(C)C2(C)C. The van der Waals surface area contributed by atoms with Gasteiger partial charge in [-0.25, -0.2) is 0 Å². The second-order valence-corrected chi connectivity index (χ2v) is 5.63. The summed E-state index contributed by atoms with van der Waals surface area (Å²) in [5.74, 6) is 1.90. The fraction of sp³-hybridized carbons (Fsp3) is 1.00. The Bertz CT molecular complexity index is 209. The maximum Gasteiger partial charge on any atom is 0.0237 e. The minimum absolute atomic E-state index is 0.478. The van der Waals surface area contributed by atoms with Crippen LogP contribution in [0.3, 0.4) is 0 Å². The predicted octanol–water partition coefficient (Wildman–Crippen LogP) is 2.81. The Morgan fingerprint density at radius 1 is 1.38 bits per heavy atom. The standard InChI is InChI=1S/C12H23N/c1-5-13-12-7-6-10(8-12)9(2)11(12,3)4/h9-10,13H,5-8H2,1-4H3/t9?,10-,12-/m1/s1. The van der Waals surface area contributed by atoms with Gasteiger partial charge in [0.2, 0.25) is 0 Å². The monoisotopic (exact) mass is 181 g/mol. The predicted molar refractivity (Wildman–Crippen MR) is 56.7 cm³/mol. The van der Waals surface area contributed by atoms with E-state index in [0.29, 0.717) is 11.0 Å². The molecule has 2 rings (SSSR count). The van der Waals surface area contributed by atoms with Crippen LogP contribution >= 0.6 is 0 Å². The van der Waals surface area contributed by atoms with Crippen molar-refractivity contribution >= 4 is 0 Å². The van der Waals surface area contributed by atoms with Crippen LogP contribution in [0.4, 0.5) is 0 Å². The zero-order valence-electron chi connectivity index (χ0n) is 9.48. The summed E-state index contributed by atoms with van der Waals surface area (Å²) < 4.78 is 0. The number of fused-ring (bicyclic) bond motifs is 2. The molecule has 0 spiro atoms. The highest BCUT2D eigenvalue weighted by Gasteiger charge is 2.60. The van der Waals surface area contributed by atoms with Gasteiger partial charge in [0.05, 0.1) is 0 Å². The van der Waals surface area contributed by atoms with Crippen LogP contribution in [0.5, 0.6) is 0 Å². The number of hydrogen-bond donors (Lipinski definition) is 1. The summed E-state index contributed by atoms with van der Waals surface area (Å²) in [5, 5.41) is 3.77. The van der Waals surface area contributed by atoms with Crippen LogP contribution in [-0.4, -0.2) is 12.1 Å². The van der Waals surface area contributed by atoms with Crippen LogP contribution in [0.1, 0.15) is 47.0 Å². The van der Waals surface area contributed by atoms with E-state index in [1.54, 1.807) is 0 Å². The second-order valence-electron chi connectivity index (χ2n) is 5.63. The molecule has 1 heteroatoms. The maximum absolute atomic E-state index is 3.77. The zero-order valence-corrected chi connectivity index (χ0v) is 9.48. The lowest BCUT2D eigenvalue weighted by molar-refractivity contribution is 0.0834. The summed E-state index contributed by atoms with van der Waals surface area (Å²) in [5.41, 5.74) is 0.984. The molecule has 2 aliphatic carbocycles. The molecular formula is C12H23N. The molecule has 0 aromatic carbocycles. The molecule has 13 heavy (non-hydrogen) atoms. The van der Waals surface area contributed by atoms with E-state index in [0.717, 1.165) is 18.4 Å². The Morgan fingerprint density at radius 2 is 2.08 bits per heavy atom. The Kier molecular flexibility index (Phi) is 1.99. The van der Waals surface area contributed by atoms with Gasteiger partial charge >= 0.3 is 0 Å². The van der Waals surface area contributed by atoms with Gasteiger partial charge in [-0.15, -0.1) is 0 Å². The first-order valence-corrected chi connectivity index (χ1v) is 5.78. The van der Waals surface area contributed by atoms with Gasteiger partial charge in [-0.05, 0) is 43.1 Å². The van der Waals surface area contributed by atoms with Gasteiger partial charge in [-0.2, -0.15) is 0 Å². The summed E-state index contributed by atoms with van der Waals surface area (Å²) >= 11 is 0. The molecule has 1 nitrogen and oxygen atoms in total. The molecule has 0 radical (unpaired) electrons. The Hall–Kier alpha value is -0.0400. The highest BCUT2D eigenvalue weighted by Crippen LogP contribution is 2.61. The molecule has 2 saturated carbocycles. The summed E-state index contributed by atoms with van der Waals surface area (Å²) in [6, 6.07) is 0. The van der Waals surface area contributed by atoms with Crippen LogP contribution in [0.2, 0.25) is 0 Å². The average molecular weight is 181 g/mol. The van der Waals surface area contributed by atoms with Crippen LogP contribution < -0.4 is 5.32 Å². The number of nitrogens with one attached hydrogen (secondary N) is 1. The molecule has 2 fully saturated rings. The quantitative estimate of drug-likeness (QED) is 0.690. The third-order valence-electron chi connectivity index (χ3n) is 5.15. The van der Waals surface area contributed by atoms with E-state index in [1.165, 1.54) is 19.3 Å². The third kappa shape index (κ3) is 1.03. The van der Waals surface area contributed by atoms with Crippen molar-refractivity contribution in [3.05, 3.63) is 0 Å². The van der Waals surface area contributed by atoms with Crippen LogP contribution in [0.25, 0.3) is 0 Å². The average Bonchev–Trinajstić information content (AvgIpc) is 2.54. The summed E-state index contributed by atoms with van der Waals surface area (Å²) in [6.45, 7) is 10.7.